The number of nitrogens with one attached hydrogen (secondary N) is 1. The third-order valence-electron chi connectivity index (χ3n) is 2.65. The lowest BCUT2D eigenvalue weighted by Gasteiger charge is -2.31. The molecule has 2 atom stereocenters. The predicted octanol–water partition coefficient (Wildman–Crippen LogP) is 1.48. The standard InChI is InChI=1S/C13H23NO5/c1-5-18-11(15)9-6-7-17-8-10(9)14-12(16)19-13(2,3)4/h9-10H,5-8H2,1-4H3,(H,14,16). The van der Waals surface area contributed by atoms with E-state index in [1.54, 1.807) is 27.7 Å². The normalized spacial score (nSPS) is 23.6. The predicted molar refractivity (Wildman–Crippen MR) is 68.7 cm³/mol. The number of hydrogen-bond acceptors (Lipinski definition) is 5. The van der Waals surface area contributed by atoms with Crippen molar-refractivity contribution < 1.29 is 23.8 Å². The molecule has 1 heterocycles. The van der Waals surface area contributed by atoms with E-state index in [1.165, 1.54) is 0 Å². The van der Waals surface area contributed by atoms with E-state index in [4.69, 9.17) is 14.2 Å². The molecule has 0 spiro atoms. The van der Waals surface area contributed by atoms with E-state index in [9.17, 15) is 9.59 Å². The first-order valence-corrected chi connectivity index (χ1v) is 6.57. The molecule has 1 N–H and O–H groups in total. The van der Waals surface area contributed by atoms with Crippen molar-refractivity contribution in [3.63, 3.8) is 0 Å². The molecule has 1 aliphatic rings. The van der Waals surface area contributed by atoms with E-state index < -0.39 is 17.7 Å². The maximum Gasteiger partial charge on any atom is 0.407 e. The van der Waals surface area contributed by atoms with Crippen LogP contribution in [0.5, 0.6) is 0 Å². The van der Waals surface area contributed by atoms with Gasteiger partial charge in [-0.1, -0.05) is 0 Å². The molecule has 0 aliphatic carbocycles. The molecule has 6 nitrogen and oxygen atoms in total. The second-order valence-electron chi connectivity index (χ2n) is 5.47. The van der Waals surface area contributed by atoms with Crippen LogP contribution in [0.15, 0.2) is 0 Å². The monoisotopic (exact) mass is 273 g/mol. The summed E-state index contributed by atoms with van der Waals surface area (Å²) in [7, 11) is 0. The minimum atomic E-state index is -0.570. The van der Waals surface area contributed by atoms with Gasteiger partial charge in [0.15, 0.2) is 0 Å². The molecule has 19 heavy (non-hydrogen) atoms. The van der Waals surface area contributed by atoms with Gasteiger partial charge in [0.2, 0.25) is 0 Å². The van der Waals surface area contributed by atoms with Crippen molar-refractivity contribution in [2.45, 2.75) is 45.8 Å². The first kappa shape index (κ1) is 15.8. The van der Waals surface area contributed by atoms with Crippen molar-refractivity contribution in [1.29, 1.82) is 0 Å². The Bertz CT molecular complexity index is 323. The molecule has 1 rings (SSSR count). The Labute approximate surface area is 113 Å². The summed E-state index contributed by atoms with van der Waals surface area (Å²) in [6, 6.07) is -0.400. The summed E-state index contributed by atoms with van der Waals surface area (Å²) in [6.45, 7) is 8.23. The number of carbonyl (C=O) groups excluding carboxylic acids is 2. The highest BCUT2D eigenvalue weighted by Gasteiger charge is 2.34. The van der Waals surface area contributed by atoms with E-state index in [-0.39, 0.29) is 11.9 Å². The molecule has 0 radical (unpaired) electrons. The van der Waals surface area contributed by atoms with E-state index in [1.807, 2.05) is 0 Å². The Hall–Kier alpha value is -1.30. The first-order chi connectivity index (χ1) is 8.83. The number of hydrogen-bond donors (Lipinski definition) is 1. The highest BCUT2D eigenvalue weighted by molar-refractivity contribution is 5.75. The maximum atomic E-state index is 11.8. The van der Waals surface area contributed by atoms with Crippen LogP contribution in [-0.4, -0.2) is 43.5 Å². The minimum absolute atomic E-state index is 0.294. The van der Waals surface area contributed by atoms with E-state index in [0.717, 1.165) is 0 Å². The fourth-order valence-corrected chi connectivity index (χ4v) is 1.87. The average Bonchev–Trinajstić information content (AvgIpc) is 2.27. The molecule has 110 valence electrons. The van der Waals surface area contributed by atoms with Crippen molar-refractivity contribution in [2.24, 2.45) is 5.92 Å². The van der Waals surface area contributed by atoms with Gasteiger partial charge >= 0.3 is 12.1 Å². The van der Waals surface area contributed by atoms with Crippen molar-refractivity contribution in [3.8, 4) is 0 Å². The molecule has 1 aliphatic heterocycles. The molecular formula is C13H23NO5. The van der Waals surface area contributed by atoms with Gasteiger partial charge in [-0.05, 0) is 34.1 Å². The van der Waals surface area contributed by atoms with Gasteiger partial charge in [-0.15, -0.1) is 0 Å². The van der Waals surface area contributed by atoms with Gasteiger partial charge in [-0.2, -0.15) is 0 Å². The fourth-order valence-electron chi connectivity index (χ4n) is 1.87. The SMILES string of the molecule is CCOC(=O)C1CCOCC1NC(=O)OC(C)(C)C. The number of alkyl carbamates (subject to hydrolysis) is 1. The third-order valence-corrected chi connectivity index (χ3v) is 2.65. The topological polar surface area (TPSA) is 73.9 Å². The van der Waals surface area contributed by atoms with Gasteiger partial charge < -0.3 is 19.5 Å². The average molecular weight is 273 g/mol. The van der Waals surface area contributed by atoms with Gasteiger partial charge in [0.05, 0.1) is 25.2 Å². The number of rotatable bonds is 3. The van der Waals surface area contributed by atoms with Crippen molar-refractivity contribution in [1.82, 2.24) is 5.32 Å². The lowest BCUT2D eigenvalue weighted by molar-refractivity contribution is -0.152. The lowest BCUT2D eigenvalue weighted by atomic mass is 9.95. The lowest BCUT2D eigenvalue weighted by Crippen LogP contribution is -2.50. The summed E-state index contributed by atoms with van der Waals surface area (Å²) in [5, 5.41) is 2.68. The van der Waals surface area contributed by atoms with Crippen LogP contribution in [0.1, 0.15) is 34.1 Å². The van der Waals surface area contributed by atoms with Crippen LogP contribution < -0.4 is 5.32 Å². The van der Waals surface area contributed by atoms with Crippen LogP contribution >= 0.6 is 0 Å². The zero-order valence-corrected chi connectivity index (χ0v) is 12.0. The van der Waals surface area contributed by atoms with E-state index in [0.29, 0.717) is 26.2 Å². The minimum Gasteiger partial charge on any atom is -0.466 e. The van der Waals surface area contributed by atoms with Crippen LogP contribution in [0.4, 0.5) is 4.79 Å². The van der Waals surface area contributed by atoms with Crippen LogP contribution in [0, 0.1) is 5.92 Å². The zero-order valence-electron chi connectivity index (χ0n) is 12.0. The Morgan fingerprint density at radius 1 is 1.37 bits per heavy atom. The summed E-state index contributed by atoms with van der Waals surface area (Å²) < 4.78 is 15.5. The quantitative estimate of drug-likeness (QED) is 0.788. The molecule has 0 aromatic heterocycles. The largest absolute Gasteiger partial charge is 0.466 e. The van der Waals surface area contributed by atoms with Gasteiger partial charge in [-0.25, -0.2) is 4.79 Å². The molecule has 0 bridgehead atoms. The van der Waals surface area contributed by atoms with Crippen molar-refractivity contribution in [2.75, 3.05) is 19.8 Å². The number of amides is 1. The number of esters is 1. The van der Waals surface area contributed by atoms with E-state index >= 15 is 0 Å². The Morgan fingerprint density at radius 3 is 2.63 bits per heavy atom. The molecule has 1 amide bonds. The molecule has 6 heteroatoms. The molecular weight excluding hydrogens is 250 g/mol. The molecule has 0 aromatic rings. The molecule has 0 saturated carbocycles. The van der Waals surface area contributed by atoms with Gasteiger partial charge in [-0.3, -0.25) is 4.79 Å². The number of ether oxygens (including phenoxy) is 3. The van der Waals surface area contributed by atoms with Crippen LogP contribution in [-0.2, 0) is 19.0 Å². The van der Waals surface area contributed by atoms with Crippen LogP contribution in [0.3, 0.4) is 0 Å². The highest BCUT2D eigenvalue weighted by atomic mass is 16.6. The Kier molecular flexibility index (Phi) is 5.60. The van der Waals surface area contributed by atoms with E-state index in [2.05, 4.69) is 5.32 Å². The fraction of sp³-hybridized carbons (Fsp3) is 0.846. The Balaban J connectivity index is 2.57. The van der Waals surface area contributed by atoms with Crippen molar-refractivity contribution in [3.05, 3.63) is 0 Å². The van der Waals surface area contributed by atoms with Crippen LogP contribution in [0.2, 0.25) is 0 Å². The third kappa shape index (κ3) is 5.46. The maximum absolute atomic E-state index is 11.8. The summed E-state index contributed by atoms with van der Waals surface area (Å²) in [5.41, 5.74) is -0.570. The second kappa shape index (κ2) is 6.75. The van der Waals surface area contributed by atoms with Gasteiger partial charge in [0.1, 0.15) is 5.60 Å². The zero-order chi connectivity index (χ0) is 14.5. The number of carbonyl (C=O) groups is 2. The highest BCUT2D eigenvalue weighted by Crippen LogP contribution is 2.18. The van der Waals surface area contributed by atoms with Gasteiger partial charge in [0.25, 0.3) is 0 Å². The van der Waals surface area contributed by atoms with Gasteiger partial charge in [0, 0.05) is 6.61 Å². The second-order valence-corrected chi connectivity index (χ2v) is 5.47. The Morgan fingerprint density at radius 2 is 2.05 bits per heavy atom. The molecule has 1 saturated heterocycles. The summed E-state index contributed by atoms with van der Waals surface area (Å²) in [4.78, 5) is 23.5. The molecule has 2 unspecified atom stereocenters. The van der Waals surface area contributed by atoms with Crippen molar-refractivity contribution >= 4 is 12.1 Å². The van der Waals surface area contributed by atoms with Crippen LogP contribution in [0.25, 0.3) is 0 Å². The first-order valence-electron chi connectivity index (χ1n) is 6.57. The summed E-state index contributed by atoms with van der Waals surface area (Å²) >= 11 is 0. The molecule has 1 fully saturated rings. The smallest absolute Gasteiger partial charge is 0.407 e. The summed E-state index contributed by atoms with van der Waals surface area (Å²) in [5.74, 6) is -0.673. The molecule has 0 aromatic carbocycles. The summed E-state index contributed by atoms with van der Waals surface area (Å²) in [6.07, 6.45) is -0.00320.